The van der Waals surface area contributed by atoms with Gasteiger partial charge in [-0.15, -0.1) is 23.4 Å². The van der Waals surface area contributed by atoms with E-state index in [-0.39, 0.29) is 17.3 Å². The number of halogens is 1. The third-order valence-corrected chi connectivity index (χ3v) is 6.35. The molecule has 2 atom stereocenters. The van der Waals surface area contributed by atoms with Gasteiger partial charge in [0.2, 0.25) is 5.91 Å². The largest absolute Gasteiger partial charge is 0.464 e. The van der Waals surface area contributed by atoms with Gasteiger partial charge in [0.05, 0.1) is 12.0 Å². The lowest BCUT2D eigenvalue weighted by atomic mass is 9.88. The van der Waals surface area contributed by atoms with Crippen LogP contribution in [0.25, 0.3) is 0 Å². The van der Waals surface area contributed by atoms with Gasteiger partial charge in [-0.05, 0) is 25.2 Å². The molecule has 1 saturated heterocycles. The van der Waals surface area contributed by atoms with E-state index in [1.807, 2.05) is 0 Å². The number of hydrogen-bond donors (Lipinski definition) is 0. The molecule has 2 rings (SSSR count). The van der Waals surface area contributed by atoms with Crippen LogP contribution in [0.3, 0.4) is 0 Å². The molecule has 4 nitrogen and oxygen atoms in total. The lowest BCUT2D eigenvalue weighted by Gasteiger charge is -2.35. The van der Waals surface area contributed by atoms with Gasteiger partial charge in [-0.3, -0.25) is 4.79 Å². The zero-order valence-corrected chi connectivity index (χ0v) is 15.5. The molecule has 2 aliphatic rings. The number of thioether (sulfide) groups is 1. The Labute approximate surface area is 148 Å². The van der Waals surface area contributed by atoms with E-state index in [2.05, 4.69) is 6.92 Å². The Morgan fingerprint density at radius 3 is 2.65 bits per heavy atom. The number of rotatable bonds is 7. The van der Waals surface area contributed by atoms with E-state index in [1.165, 1.54) is 19.3 Å². The fourth-order valence-corrected chi connectivity index (χ4v) is 5.24. The van der Waals surface area contributed by atoms with Gasteiger partial charge in [0.1, 0.15) is 6.04 Å². The average molecular weight is 362 g/mol. The van der Waals surface area contributed by atoms with Gasteiger partial charge in [-0.1, -0.05) is 32.6 Å². The molecule has 2 fully saturated rings. The molecule has 0 aromatic carbocycles. The normalized spacial score (nSPS) is 25.6. The highest BCUT2D eigenvalue weighted by molar-refractivity contribution is 8.00. The van der Waals surface area contributed by atoms with E-state index < -0.39 is 6.04 Å². The zero-order chi connectivity index (χ0) is 16.7. The summed E-state index contributed by atoms with van der Waals surface area (Å²) in [5, 5.41) is 0.120. The first-order valence-corrected chi connectivity index (χ1v) is 10.4. The minimum Gasteiger partial charge on any atom is -0.464 e. The van der Waals surface area contributed by atoms with Crippen molar-refractivity contribution in [2.45, 2.75) is 69.7 Å². The van der Waals surface area contributed by atoms with Crippen molar-refractivity contribution in [2.24, 2.45) is 5.92 Å². The standard InChI is InChI=1S/C17H28ClNO3S/c1-2-3-11-22-17(21)14-12-23-16(13-7-5-4-6-8-13)19(14)15(20)9-10-18/h13-14,16H,2-12H2,1H3. The molecule has 1 amide bonds. The van der Waals surface area contributed by atoms with E-state index in [1.54, 1.807) is 16.7 Å². The Balaban J connectivity index is 2.04. The number of esters is 1. The van der Waals surface area contributed by atoms with Gasteiger partial charge in [-0.2, -0.15) is 0 Å². The van der Waals surface area contributed by atoms with E-state index in [9.17, 15) is 9.59 Å². The Hall–Kier alpha value is -0.420. The fourth-order valence-electron chi connectivity index (χ4n) is 3.43. The topological polar surface area (TPSA) is 46.6 Å². The Morgan fingerprint density at radius 1 is 1.26 bits per heavy atom. The van der Waals surface area contributed by atoms with E-state index in [0.717, 1.165) is 25.7 Å². The summed E-state index contributed by atoms with van der Waals surface area (Å²) in [5.74, 6) is 1.21. The van der Waals surface area contributed by atoms with Crippen LogP contribution < -0.4 is 0 Å². The summed E-state index contributed by atoms with van der Waals surface area (Å²) in [6.07, 6.45) is 8.20. The number of nitrogens with zero attached hydrogens (tertiary/aromatic N) is 1. The minimum absolute atomic E-state index is 0.00184. The summed E-state index contributed by atoms with van der Waals surface area (Å²) < 4.78 is 5.38. The van der Waals surface area contributed by atoms with Crippen molar-refractivity contribution in [3.63, 3.8) is 0 Å². The van der Waals surface area contributed by atoms with Crippen molar-refractivity contribution in [3.05, 3.63) is 0 Å². The highest BCUT2D eigenvalue weighted by atomic mass is 35.5. The van der Waals surface area contributed by atoms with Gasteiger partial charge in [0.25, 0.3) is 0 Å². The third-order valence-electron chi connectivity index (χ3n) is 4.70. The molecule has 0 aromatic heterocycles. The molecule has 1 saturated carbocycles. The van der Waals surface area contributed by atoms with Gasteiger partial charge < -0.3 is 9.64 Å². The maximum absolute atomic E-state index is 12.6. The molecule has 6 heteroatoms. The molecule has 0 aromatic rings. The van der Waals surface area contributed by atoms with Crippen molar-refractivity contribution in [1.82, 2.24) is 4.90 Å². The highest BCUT2D eigenvalue weighted by Gasteiger charge is 2.45. The second kappa shape index (κ2) is 9.77. The third kappa shape index (κ3) is 5.02. The summed E-state index contributed by atoms with van der Waals surface area (Å²) in [5.41, 5.74) is 0. The molecule has 1 aliphatic heterocycles. The number of carbonyl (C=O) groups excluding carboxylic acids is 2. The van der Waals surface area contributed by atoms with Crippen LogP contribution >= 0.6 is 23.4 Å². The van der Waals surface area contributed by atoms with Crippen LogP contribution in [0, 0.1) is 5.92 Å². The van der Waals surface area contributed by atoms with Crippen LogP contribution in [-0.2, 0) is 14.3 Å². The number of alkyl halides is 1. The van der Waals surface area contributed by atoms with E-state index in [4.69, 9.17) is 16.3 Å². The summed E-state index contributed by atoms with van der Waals surface area (Å²) >= 11 is 7.52. The molecule has 23 heavy (non-hydrogen) atoms. The maximum atomic E-state index is 12.6. The zero-order valence-electron chi connectivity index (χ0n) is 14.0. The molecule has 0 spiro atoms. The van der Waals surface area contributed by atoms with Crippen LogP contribution in [0.1, 0.15) is 58.3 Å². The SMILES string of the molecule is CCCCOC(=O)C1CSC(C2CCCCC2)N1C(=O)CCCl. The summed E-state index contributed by atoms with van der Waals surface area (Å²) in [4.78, 5) is 26.8. The number of unbranched alkanes of at least 4 members (excludes halogenated alkanes) is 1. The lowest BCUT2D eigenvalue weighted by Crippen LogP contribution is -2.48. The first-order valence-electron chi connectivity index (χ1n) is 8.84. The predicted molar refractivity (Wildman–Crippen MR) is 94.7 cm³/mol. The second-order valence-electron chi connectivity index (χ2n) is 6.40. The van der Waals surface area contributed by atoms with Crippen molar-refractivity contribution >= 4 is 35.2 Å². The predicted octanol–water partition coefficient (Wildman–Crippen LogP) is 3.81. The minimum atomic E-state index is -0.431. The Kier molecular flexibility index (Phi) is 8.04. The quantitative estimate of drug-likeness (QED) is 0.393. The number of hydrogen-bond acceptors (Lipinski definition) is 4. The molecule has 0 bridgehead atoms. The number of carbonyl (C=O) groups is 2. The first kappa shape index (κ1) is 18.9. The molecule has 0 N–H and O–H groups in total. The summed E-state index contributed by atoms with van der Waals surface area (Å²) in [7, 11) is 0. The van der Waals surface area contributed by atoms with Gasteiger partial charge in [0, 0.05) is 18.1 Å². The van der Waals surface area contributed by atoms with Crippen molar-refractivity contribution in [1.29, 1.82) is 0 Å². The van der Waals surface area contributed by atoms with Crippen LogP contribution in [0.5, 0.6) is 0 Å². The smallest absolute Gasteiger partial charge is 0.329 e. The number of ether oxygens (including phenoxy) is 1. The van der Waals surface area contributed by atoms with Crippen molar-refractivity contribution in [3.8, 4) is 0 Å². The summed E-state index contributed by atoms with van der Waals surface area (Å²) in [6.45, 7) is 2.51. The Morgan fingerprint density at radius 2 is 2.00 bits per heavy atom. The molecule has 1 aliphatic carbocycles. The van der Waals surface area contributed by atoms with Crippen molar-refractivity contribution in [2.75, 3.05) is 18.2 Å². The molecule has 132 valence electrons. The average Bonchev–Trinajstić information content (AvgIpc) is 3.01. The molecular weight excluding hydrogens is 334 g/mol. The van der Waals surface area contributed by atoms with E-state index in [0.29, 0.717) is 30.6 Å². The van der Waals surface area contributed by atoms with Crippen molar-refractivity contribution < 1.29 is 14.3 Å². The Bertz CT molecular complexity index is 401. The van der Waals surface area contributed by atoms with Crippen LogP contribution in [0.2, 0.25) is 0 Å². The maximum Gasteiger partial charge on any atom is 0.329 e. The van der Waals surface area contributed by atoms with Crippen LogP contribution in [0.15, 0.2) is 0 Å². The molecule has 2 unspecified atom stereocenters. The first-order chi connectivity index (χ1) is 11.2. The molecule has 0 radical (unpaired) electrons. The number of amides is 1. The van der Waals surface area contributed by atoms with Gasteiger partial charge in [-0.25, -0.2) is 4.79 Å². The van der Waals surface area contributed by atoms with Crippen LogP contribution in [0.4, 0.5) is 0 Å². The molecule has 1 heterocycles. The summed E-state index contributed by atoms with van der Waals surface area (Å²) in [6, 6.07) is -0.431. The molecular formula is C17H28ClNO3S. The monoisotopic (exact) mass is 361 g/mol. The van der Waals surface area contributed by atoms with Crippen LogP contribution in [-0.4, -0.2) is 46.4 Å². The fraction of sp³-hybridized carbons (Fsp3) is 0.882. The van der Waals surface area contributed by atoms with Gasteiger partial charge >= 0.3 is 5.97 Å². The van der Waals surface area contributed by atoms with E-state index >= 15 is 0 Å². The highest BCUT2D eigenvalue weighted by Crippen LogP contribution is 2.41. The lowest BCUT2D eigenvalue weighted by molar-refractivity contribution is -0.154. The van der Waals surface area contributed by atoms with Gasteiger partial charge in [0.15, 0.2) is 0 Å². The second-order valence-corrected chi connectivity index (χ2v) is 7.93.